The number of para-hydroxylation sites is 1. The van der Waals surface area contributed by atoms with Gasteiger partial charge in [-0.15, -0.1) is 10.2 Å². The van der Waals surface area contributed by atoms with E-state index in [1.807, 2.05) is 18.2 Å². The maximum Gasteiger partial charge on any atom is 0.250 e. The molecule has 2 aromatic heterocycles. The molecule has 3 N–H and O–H groups in total. The van der Waals surface area contributed by atoms with Gasteiger partial charge in [-0.25, -0.2) is 18.7 Å². The van der Waals surface area contributed by atoms with Crippen LogP contribution in [0.25, 0.3) is 11.3 Å². The lowest BCUT2D eigenvalue weighted by Gasteiger charge is -2.31. The van der Waals surface area contributed by atoms with Crippen molar-refractivity contribution in [1.29, 1.82) is 0 Å². The van der Waals surface area contributed by atoms with Crippen molar-refractivity contribution in [2.24, 2.45) is 5.92 Å². The number of nitrogen functional groups attached to an aromatic ring is 1. The second kappa shape index (κ2) is 9.57. The lowest BCUT2D eigenvalue weighted by molar-refractivity contribution is -0.0936. The van der Waals surface area contributed by atoms with E-state index >= 15 is 0 Å². The number of halogens is 2. The Morgan fingerprint density at radius 1 is 1.11 bits per heavy atom. The molecule has 0 amide bonds. The molecule has 1 saturated carbocycles. The van der Waals surface area contributed by atoms with E-state index in [0.29, 0.717) is 36.0 Å². The van der Waals surface area contributed by atoms with E-state index in [1.165, 1.54) is 0 Å². The minimum Gasteiger partial charge on any atom is -0.507 e. The van der Waals surface area contributed by atoms with Crippen LogP contribution in [0.3, 0.4) is 0 Å². The van der Waals surface area contributed by atoms with Crippen molar-refractivity contribution < 1.29 is 13.9 Å². The van der Waals surface area contributed by atoms with E-state index in [0.717, 1.165) is 24.5 Å². The zero-order valence-corrected chi connectivity index (χ0v) is 19.9. The van der Waals surface area contributed by atoms with E-state index in [-0.39, 0.29) is 30.6 Å². The monoisotopic (exact) mass is 491 g/mol. The molecule has 2 fully saturated rings. The average Bonchev–Trinajstić information content (AvgIpc) is 3.04. The molecule has 2 aliphatic rings. The lowest BCUT2D eigenvalue weighted by Crippen LogP contribution is -2.35. The topological polar surface area (TPSA) is 104 Å². The molecule has 1 aliphatic carbocycles. The van der Waals surface area contributed by atoms with E-state index < -0.39 is 5.92 Å². The predicted octanol–water partition coefficient (Wildman–Crippen LogP) is 3.72. The van der Waals surface area contributed by atoms with Crippen molar-refractivity contribution in [2.75, 3.05) is 35.2 Å². The molecular weight excluding hydrogens is 464 g/mol. The number of nitrogens with zero attached hydrogens (tertiary/aromatic N) is 6. The molecule has 10 heteroatoms. The third-order valence-electron chi connectivity index (χ3n) is 6.70. The summed E-state index contributed by atoms with van der Waals surface area (Å²) in [5.41, 5.74) is 8.12. The lowest BCUT2D eigenvalue weighted by atomic mass is 9.82. The minimum absolute atomic E-state index is 0.131. The third-order valence-corrected chi connectivity index (χ3v) is 6.70. The van der Waals surface area contributed by atoms with Crippen LogP contribution in [-0.2, 0) is 0 Å². The molecule has 1 aliphatic heterocycles. The average molecular weight is 492 g/mol. The zero-order chi connectivity index (χ0) is 25.3. The molecular formula is C26H27F2N7O. The molecule has 1 aromatic carbocycles. The summed E-state index contributed by atoms with van der Waals surface area (Å²) in [4.78, 5) is 13.2. The highest BCUT2D eigenvalue weighted by Gasteiger charge is 2.44. The second-order valence-corrected chi connectivity index (χ2v) is 9.30. The number of alkyl halides is 2. The number of nitrogens with two attached hydrogens (primary N) is 1. The van der Waals surface area contributed by atoms with Gasteiger partial charge in [-0.2, -0.15) is 0 Å². The largest absolute Gasteiger partial charge is 0.507 e. The fourth-order valence-electron chi connectivity index (χ4n) is 4.61. The number of phenolic OH excluding ortho intramolecular Hbond substituents is 1. The van der Waals surface area contributed by atoms with Crippen molar-refractivity contribution >= 4 is 17.3 Å². The van der Waals surface area contributed by atoms with Gasteiger partial charge in [-0.05, 0) is 43.5 Å². The number of hydrogen-bond donors (Lipinski definition) is 2. The van der Waals surface area contributed by atoms with Crippen LogP contribution in [-0.4, -0.2) is 56.9 Å². The number of hydrogen-bond acceptors (Lipinski definition) is 8. The standard InChI is InChI=1S/C26H27F2N7O/c1-17-9-11-34(21-14-20(32-33-25(21)29)19-4-2-3-5-22(19)36)12-13-35(17)24-8-10-30-23(31-24)7-6-18-15-26(27,28)16-18/h2-5,8,10,14,17-18,36H,9,11-13,15-16H2,1H3,(H2,29,33). The Morgan fingerprint density at radius 3 is 2.69 bits per heavy atom. The fourth-order valence-corrected chi connectivity index (χ4v) is 4.61. The van der Waals surface area contributed by atoms with Crippen LogP contribution in [0.4, 0.5) is 26.1 Å². The van der Waals surface area contributed by atoms with Gasteiger partial charge in [-0.3, -0.25) is 0 Å². The SMILES string of the molecule is CC1CCN(c2cc(-c3ccccc3O)nnc2N)CCN1c1ccnc(C#CC2CC(F)(F)C2)n1. The van der Waals surface area contributed by atoms with Gasteiger partial charge in [0.25, 0.3) is 5.92 Å². The number of rotatable bonds is 3. The molecule has 3 aromatic rings. The first-order valence-electron chi connectivity index (χ1n) is 11.9. The summed E-state index contributed by atoms with van der Waals surface area (Å²) in [5.74, 6) is 4.40. The molecule has 8 nitrogen and oxygen atoms in total. The summed E-state index contributed by atoms with van der Waals surface area (Å²) >= 11 is 0. The summed E-state index contributed by atoms with van der Waals surface area (Å²) in [6, 6.07) is 10.9. The summed E-state index contributed by atoms with van der Waals surface area (Å²) in [6.07, 6.45) is 2.10. The molecule has 0 radical (unpaired) electrons. The molecule has 0 bridgehead atoms. The Labute approximate surface area is 208 Å². The first kappa shape index (κ1) is 23.7. The van der Waals surface area contributed by atoms with Gasteiger partial charge in [-0.1, -0.05) is 18.1 Å². The Hall–Kier alpha value is -4.00. The van der Waals surface area contributed by atoms with Crippen LogP contribution < -0.4 is 15.5 Å². The highest BCUT2D eigenvalue weighted by atomic mass is 19.3. The molecule has 1 unspecified atom stereocenters. The van der Waals surface area contributed by atoms with Gasteiger partial charge in [0.1, 0.15) is 11.6 Å². The first-order valence-corrected chi connectivity index (χ1v) is 11.9. The molecule has 1 saturated heterocycles. The first-order chi connectivity index (χ1) is 17.3. The van der Waals surface area contributed by atoms with E-state index in [9.17, 15) is 13.9 Å². The van der Waals surface area contributed by atoms with Crippen molar-refractivity contribution in [3.05, 3.63) is 48.4 Å². The van der Waals surface area contributed by atoms with Crippen LogP contribution in [0.1, 0.15) is 32.0 Å². The van der Waals surface area contributed by atoms with Gasteiger partial charge < -0.3 is 20.6 Å². The van der Waals surface area contributed by atoms with Crippen LogP contribution in [0, 0.1) is 17.8 Å². The quantitative estimate of drug-likeness (QED) is 0.535. The maximum absolute atomic E-state index is 13.1. The third kappa shape index (κ3) is 5.00. The Bertz CT molecular complexity index is 1310. The van der Waals surface area contributed by atoms with E-state index in [2.05, 4.69) is 48.7 Å². The number of anilines is 3. The van der Waals surface area contributed by atoms with Crippen molar-refractivity contribution in [2.45, 2.75) is 38.2 Å². The van der Waals surface area contributed by atoms with Crippen LogP contribution in [0.15, 0.2) is 42.6 Å². The smallest absolute Gasteiger partial charge is 0.250 e. The van der Waals surface area contributed by atoms with Gasteiger partial charge in [0.2, 0.25) is 5.82 Å². The van der Waals surface area contributed by atoms with Gasteiger partial charge in [0.15, 0.2) is 5.82 Å². The van der Waals surface area contributed by atoms with Crippen LogP contribution >= 0.6 is 0 Å². The van der Waals surface area contributed by atoms with Crippen molar-refractivity contribution in [3.63, 3.8) is 0 Å². The second-order valence-electron chi connectivity index (χ2n) is 9.30. The van der Waals surface area contributed by atoms with Crippen LogP contribution in [0.2, 0.25) is 0 Å². The van der Waals surface area contributed by atoms with Gasteiger partial charge in [0.05, 0.1) is 11.4 Å². The molecule has 1 atom stereocenters. The molecule has 186 valence electrons. The minimum atomic E-state index is -2.59. The predicted molar refractivity (Wildman–Crippen MR) is 134 cm³/mol. The summed E-state index contributed by atoms with van der Waals surface area (Å²) in [7, 11) is 0. The number of phenols is 1. The van der Waals surface area contributed by atoms with Crippen molar-refractivity contribution in [1.82, 2.24) is 20.2 Å². The number of aromatic hydroxyl groups is 1. The molecule has 0 spiro atoms. The zero-order valence-electron chi connectivity index (χ0n) is 19.9. The molecule has 3 heterocycles. The van der Waals surface area contributed by atoms with E-state index in [4.69, 9.17) is 5.73 Å². The summed E-state index contributed by atoms with van der Waals surface area (Å²) in [5, 5.41) is 18.6. The fraction of sp³-hybridized carbons (Fsp3) is 0.385. The molecule has 36 heavy (non-hydrogen) atoms. The molecule has 5 rings (SSSR count). The number of aromatic nitrogens is 4. The van der Waals surface area contributed by atoms with Crippen molar-refractivity contribution in [3.8, 4) is 28.8 Å². The normalized spacial score (nSPS) is 19.7. The Balaban J connectivity index is 1.33. The van der Waals surface area contributed by atoms with Gasteiger partial charge >= 0.3 is 0 Å². The summed E-state index contributed by atoms with van der Waals surface area (Å²) < 4.78 is 26.1. The highest BCUT2D eigenvalue weighted by molar-refractivity contribution is 5.74. The van der Waals surface area contributed by atoms with E-state index in [1.54, 1.807) is 24.4 Å². The van der Waals surface area contributed by atoms with Gasteiger partial charge in [0, 0.05) is 56.2 Å². The van der Waals surface area contributed by atoms with Crippen LogP contribution in [0.5, 0.6) is 5.75 Å². The maximum atomic E-state index is 13.1. The highest BCUT2D eigenvalue weighted by Crippen LogP contribution is 2.41. The summed E-state index contributed by atoms with van der Waals surface area (Å²) in [6.45, 7) is 4.23. The Kier molecular flexibility index (Phi) is 6.31. The Morgan fingerprint density at radius 2 is 1.92 bits per heavy atom. The number of benzene rings is 1.